The van der Waals surface area contributed by atoms with Crippen LogP contribution in [0.15, 0.2) is 60.7 Å². The van der Waals surface area contributed by atoms with E-state index in [-0.39, 0.29) is 11.5 Å². The number of carbonyl (C=O) groups excluding carboxylic acids is 1. The van der Waals surface area contributed by atoms with Gasteiger partial charge in [-0.15, -0.1) is 0 Å². The van der Waals surface area contributed by atoms with E-state index in [0.717, 1.165) is 50.6 Å². The largest absolute Gasteiger partial charge is 0.457 e. The average molecular weight is 436 g/mol. The van der Waals surface area contributed by atoms with Crippen LogP contribution in [0.25, 0.3) is 11.3 Å². The first kappa shape index (κ1) is 21.7. The molecule has 0 bridgehead atoms. The second kappa shape index (κ2) is 10.2. The van der Waals surface area contributed by atoms with E-state index in [2.05, 4.69) is 15.2 Å². The predicted octanol–water partition coefficient (Wildman–Crippen LogP) is 3.52. The van der Waals surface area contributed by atoms with Crippen molar-refractivity contribution < 1.29 is 18.7 Å². The van der Waals surface area contributed by atoms with Crippen molar-refractivity contribution in [3.63, 3.8) is 0 Å². The third-order valence-corrected chi connectivity index (χ3v) is 5.14. The van der Waals surface area contributed by atoms with E-state index < -0.39 is 5.91 Å². The average Bonchev–Trinajstić information content (AvgIpc) is 2.81. The maximum absolute atomic E-state index is 13.1. The molecule has 3 N–H and O–H groups in total. The molecule has 1 fully saturated rings. The number of carbonyl (C=O) groups is 1. The van der Waals surface area contributed by atoms with Crippen LogP contribution in [-0.2, 0) is 4.74 Å². The summed E-state index contributed by atoms with van der Waals surface area (Å²) in [5.41, 5.74) is 7.92. The number of benzene rings is 2. The van der Waals surface area contributed by atoms with Crippen LogP contribution in [0.2, 0.25) is 0 Å². The highest BCUT2D eigenvalue weighted by molar-refractivity contribution is 5.92. The van der Waals surface area contributed by atoms with Crippen LogP contribution in [0.4, 0.5) is 10.1 Å². The summed E-state index contributed by atoms with van der Waals surface area (Å²) in [5.74, 6) is 0.247. The lowest BCUT2D eigenvalue weighted by Gasteiger charge is -2.26. The smallest absolute Gasteiger partial charge is 0.267 e. The number of hydrogen-bond donors (Lipinski definition) is 2. The van der Waals surface area contributed by atoms with Crippen molar-refractivity contribution >= 4 is 11.6 Å². The molecular weight excluding hydrogens is 411 g/mol. The number of nitrogens with two attached hydrogens (primary N) is 1. The molecule has 0 saturated carbocycles. The Labute approximate surface area is 186 Å². The lowest BCUT2D eigenvalue weighted by Crippen LogP contribution is -2.39. The van der Waals surface area contributed by atoms with E-state index in [9.17, 15) is 9.18 Å². The van der Waals surface area contributed by atoms with Gasteiger partial charge in [0.05, 0.1) is 18.9 Å². The zero-order valence-corrected chi connectivity index (χ0v) is 17.6. The maximum Gasteiger partial charge on any atom is 0.267 e. The van der Waals surface area contributed by atoms with Gasteiger partial charge in [0.15, 0.2) is 0 Å². The molecule has 0 unspecified atom stereocenters. The summed E-state index contributed by atoms with van der Waals surface area (Å²) in [5, 5.41) is 3.36. The lowest BCUT2D eigenvalue weighted by atomic mass is 10.1. The minimum Gasteiger partial charge on any atom is -0.457 e. The fourth-order valence-electron chi connectivity index (χ4n) is 3.42. The van der Waals surface area contributed by atoms with E-state index in [0.29, 0.717) is 17.2 Å². The third kappa shape index (κ3) is 5.81. The number of morpholine rings is 1. The van der Waals surface area contributed by atoms with Gasteiger partial charge < -0.3 is 20.5 Å². The summed E-state index contributed by atoms with van der Waals surface area (Å²) in [6, 6.07) is 16.7. The minimum atomic E-state index is -0.584. The van der Waals surface area contributed by atoms with Gasteiger partial charge in [-0.1, -0.05) is 0 Å². The van der Waals surface area contributed by atoms with E-state index in [1.54, 1.807) is 30.3 Å². The fourth-order valence-corrected chi connectivity index (χ4v) is 3.42. The van der Waals surface area contributed by atoms with Crippen molar-refractivity contribution in [3.8, 4) is 22.8 Å². The molecule has 0 atom stereocenters. The molecule has 32 heavy (non-hydrogen) atoms. The van der Waals surface area contributed by atoms with Crippen molar-refractivity contribution in [2.45, 2.75) is 0 Å². The molecule has 0 aliphatic carbocycles. The first-order valence-corrected chi connectivity index (χ1v) is 10.5. The highest BCUT2D eigenvalue weighted by atomic mass is 19.1. The summed E-state index contributed by atoms with van der Waals surface area (Å²) in [7, 11) is 0. The molecule has 1 amide bonds. The van der Waals surface area contributed by atoms with Gasteiger partial charge in [0.25, 0.3) is 5.91 Å². The van der Waals surface area contributed by atoms with E-state index in [4.69, 9.17) is 15.2 Å². The van der Waals surface area contributed by atoms with Crippen LogP contribution in [0.1, 0.15) is 10.5 Å². The van der Waals surface area contributed by atoms with E-state index >= 15 is 0 Å². The Morgan fingerprint density at radius 3 is 2.38 bits per heavy atom. The lowest BCUT2D eigenvalue weighted by molar-refractivity contribution is 0.0398. The molecule has 0 radical (unpaired) electrons. The van der Waals surface area contributed by atoms with Gasteiger partial charge in [-0.05, 0) is 60.7 Å². The van der Waals surface area contributed by atoms with Crippen molar-refractivity contribution in [2.24, 2.45) is 5.73 Å². The Morgan fingerprint density at radius 1 is 1.06 bits per heavy atom. The van der Waals surface area contributed by atoms with Gasteiger partial charge in [-0.3, -0.25) is 9.69 Å². The number of rotatable bonds is 8. The number of aromatic nitrogens is 1. The van der Waals surface area contributed by atoms with Crippen LogP contribution < -0.4 is 15.8 Å². The summed E-state index contributed by atoms with van der Waals surface area (Å²) in [6.07, 6.45) is 0. The van der Waals surface area contributed by atoms with Crippen LogP contribution in [0.3, 0.4) is 0 Å². The van der Waals surface area contributed by atoms with Crippen molar-refractivity contribution in [3.05, 3.63) is 72.2 Å². The molecule has 1 aliphatic heterocycles. The van der Waals surface area contributed by atoms with Gasteiger partial charge in [-0.25, -0.2) is 9.37 Å². The Bertz CT molecular complexity index is 1050. The van der Waals surface area contributed by atoms with Gasteiger partial charge in [0, 0.05) is 37.4 Å². The van der Waals surface area contributed by atoms with Gasteiger partial charge in [0.1, 0.15) is 23.0 Å². The Hall–Kier alpha value is -3.49. The molecule has 1 aromatic heterocycles. The molecule has 2 aromatic carbocycles. The number of hydrogen-bond acceptors (Lipinski definition) is 6. The summed E-state index contributed by atoms with van der Waals surface area (Å²) in [6.45, 7) is 4.96. The molecule has 7 nitrogen and oxygen atoms in total. The summed E-state index contributed by atoms with van der Waals surface area (Å²) < 4.78 is 24.2. The molecule has 2 heterocycles. The summed E-state index contributed by atoms with van der Waals surface area (Å²) >= 11 is 0. The predicted molar refractivity (Wildman–Crippen MR) is 120 cm³/mol. The SMILES string of the molecule is NC(=O)c1cc(NCCN2CCOCC2)cc(-c2ccc(Oc3ccc(F)cc3)cc2)n1. The molecule has 166 valence electrons. The van der Waals surface area contributed by atoms with Crippen LogP contribution >= 0.6 is 0 Å². The van der Waals surface area contributed by atoms with Crippen LogP contribution in [-0.4, -0.2) is 55.2 Å². The number of primary amides is 1. The maximum atomic E-state index is 13.1. The third-order valence-electron chi connectivity index (χ3n) is 5.14. The Balaban J connectivity index is 1.46. The van der Waals surface area contributed by atoms with Crippen LogP contribution in [0.5, 0.6) is 11.5 Å². The fraction of sp³-hybridized carbons (Fsp3) is 0.250. The number of nitrogens with zero attached hydrogens (tertiary/aromatic N) is 2. The first-order chi connectivity index (χ1) is 15.6. The number of halogens is 1. The molecular formula is C24H25FN4O3. The molecule has 1 saturated heterocycles. The topological polar surface area (TPSA) is 89.7 Å². The standard InChI is InChI=1S/C24H25FN4O3/c25-18-3-7-21(8-4-18)32-20-5-1-17(2-6-20)22-15-19(16-23(28-22)24(26)30)27-9-10-29-11-13-31-14-12-29/h1-8,15-16H,9-14H2,(H2,26,30)(H,27,28). The quantitative estimate of drug-likeness (QED) is 0.562. The second-order valence-corrected chi connectivity index (χ2v) is 7.45. The number of amides is 1. The number of pyridine rings is 1. The van der Waals surface area contributed by atoms with Crippen LogP contribution in [0, 0.1) is 5.82 Å². The Morgan fingerprint density at radius 2 is 1.72 bits per heavy atom. The van der Waals surface area contributed by atoms with Gasteiger partial charge >= 0.3 is 0 Å². The van der Waals surface area contributed by atoms with Gasteiger partial charge in [-0.2, -0.15) is 0 Å². The normalized spacial score (nSPS) is 14.2. The minimum absolute atomic E-state index is 0.197. The number of ether oxygens (including phenoxy) is 2. The molecule has 3 aromatic rings. The van der Waals surface area contributed by atoms with Crippen molar-refractivity contribution in [1.82, 2.24) is 9.88 Å². The monoisotopic (exact) mass is 436 g/mol. The zero-order valence-electron chi connectivity index (χ0n) is 17.6. The number of nitrogens with one attached hydrogen (secondary N) is 1. The molecule has 0 spiro atoms. The molecule has 8 heteroatoms. The van der Waals surface area contributed by atoms with E-state index in [1.165, 1.54) is 12.1 Å². The molecule has 1 aliphatic rings. The molecule has 4 rings (SSSR count). The van der Waals surface area contributed by atoms with E-state index in [1.807, 2.05) is 18.2 Å². The second-order valence-electron chi connectivity index (χ2n) is 7.45. The van der Waals surface area contributed by atoms with Crippen molar-refractivity contribution in [2.75, 3.05) is 44.7 Å². The number of anilines is 1. The van der Waals surface area contributed by atoms with Crippen molar-refractivity contribution in [1.29, 1.82) is 0 Å². The first-order valence-electron chi connectivity index (χ1n) is 10.5. The highest BCUT2D eigenvalue weighted by Crippen LogP contribution is 2.27. The highest BCUT2D eigenvalue weighted by Gasteiger charge is 2.12. The summed E-state index contributed by atoms with van der Waals surface area (Å²) in [4.78, 5) is 18.5. The van der Waals surface area contributed by atoms with Gasteiger partial charge in [0.2, 0.25) is 0 Å². The Kier molecular flexibility index (Phi) is 6.94. The zero-order chi connectivity index (χ0) is 22.3.